The van der Waals surface area contributed by atoms with Crippen LogP contribution < -0.4 is 5.32 Å². The lowest BCUT2D eigenvalue weighted by atomic mass is 10.1. The van der Waals surface area contributed by atoms with Crippen molar-refractivity contribution in [2.45, 2.75) is 11.4 Å². The van der Waals surface area contributed by atoms with Crippen LogP contribution in [0.15, 0.2) is 71.8 Å². The highest BCUT2D eigenvalue weighted by atomic mass is 32.2. The molecule has 0 unspecified atom stereocenters. The lowest BCUT2D eigenvalue weighted by molar-refractivity contribution is 0.0952. The van der Waals surface area contributed by atoms with Gasteiger partial charge in [0, 0.05) is 38.1 Å². The zero-order chi connectivity index (χ0) is 26.9. The van der Waals surface area contributed by atoms with Gasteiger partial charge < -0.3 is 10.2 Å². The molecule has 4 aromatic rings. The Labute approximate surface area is 219 Å². The van der Waals surface area contributed by atoms with Gasteiger partial charge in [0.15, 0.2) is 0 Å². The number of benzene rings is 3. The van der Waals surface area contributed by atoms with E-state index in [-0.39, 0.29) is 28.4 Å². The van der Waals surface area contributed by atoms with Crippen molar-refractivity contribution in [3.05, 3.63) is 89.4 Å². The lowest BCUT2D eigenvalue weighted by Gasteiger charge is -2.31. The van der Waals surface area contributed by atoms with Gasteiger partial charge in [-0.15, -0.1) is 0 Å². The number of halogens is 1. The van der Waals surface area contributed by atoms with Crippen molar-refractivity contribution in [3.8, 4) is 11.8 Å². The van der Waals surface area contributed by atoms with Crippen molar-refractivity contribution in [2.75, 3.05) is 33.2 Å². The van der Waals surface area contributed by atoms with Gasteiger partial charge in [-0.05, 0) is 61.1 Å². The maximum absolute atomic E-state index is 13.4. The quantitative estimate of drug-likeness (QED) is 0.409. The summed E-state index contributed by atoms with van der Waals surface area (Å²) in [4.78, 5) is 15.4. The number of hydrogen-bond donors (Lipinski definition) is 1. The van der Waals surface area contributed by atoms with Crippen molar-refractivity contribution >= 4 is 26.8 Å². The fourth-order valence-corrected chi connectivity index (χ4v) is 5.82. The smallest absolute Gasteiger partial charge is 0.252 e. The van der Waals surface area contributed by atoms with E-state index < -0.39 is 15.9 Å². The van der Waals surface area contributed by atoms with Crippen molar-refractivity contribution in [1.82, 2.24) is 24.3 Å². The van der Waals surface area contributed by atoms with E-state index in [0.29, 0.717) is 42.8 Å². The maximum Gasteiger partial charge on any atom is 0.252 e. The maximum atomic E-state index is 13.4. The van der Waals surface area contributed by atoms with Crippen LogP contribution in [-0.4, -0.2) is 66.5 Å². The average molecular weight is 533 g/mol. The van der Waals surface area contributed by atoms with Gasteiger partial charge in [-0.2, -0.15) is 14.7 Å². The molecule has 1 aliphatic rings. The van der Waals surface area contributed by atoms with Gasteiger partial charge in [-0.1, -0.05) is 12.1 Å². The summed E-state index contributed by atoms with van der Waals surface area (Å²) in [6.07, 6.45) is 1.53. The Balaban J connectivity index is 1.34. The summed E-state index contributed by atoms with van der Waals surface area (Å²) in [5, 5.41) is 17.3. The minimum atomic E-state index is -3.57. The number of nitrogens with zero attached hydrogens (tertiary/aromatic N) is 5. The number of carbonyl (C=O) groups excluding carboxylic acids is 1. The van der Waals surface area contributed by atoms with Gasteiger partial charge in [-0.25, -0.2) is 17.5 Å². The van der Waals surface area contributed by atoms with Gasteiger partial charge in [0.25, 0.3) is 5.91 Å². The predicted molar refractivity (Wildman–Crippen MR) is 140 cm³/mol. The third kappa shape index (κ3) is 5.02. The van der Waals surface area contributed by atoms with Gasteiger partial charge in [0.1, 0.15) is 5.82 Å². The molecule has 0 radical (unpaired) electrons. The highest BCUT2D eigenvalue weighted by Gasteiger charge is 2.27. The molecule has 194 valence electrons. The van der Waals surface area contributed by atoms with Gasteiger partial charge >= 0.3 is 0 Å². The minimum Gasteiger partial charge on any atom is -0.348 e. The summed E-state index contributed by atoms with van der Waals surface area (Å²) in [6, 6.07) is 17.4. The Hall–Kier alpha value is -4.11. The zero-order valence-electron chi connectivity index (χ0n) is 20.6. The first-order valence-electron chi connectivity index (χ1n) is 12.0. The van der Waals surface area contributed by atoms with E-state index in [0.717, 1.165) is 5.56 Å². The summed E-state index contributed by atoms with van der Waals surface area (Å²) >= 11 is 0. The molecule has 5 rings (SSSR count). The second kappa shape index (κ2) is 10.3. The first-order chi connectivity index (χ1) is 18.3. The standard InChI is InChI=1S/C27H25FN6O3S/c1-32-10-12-33(13-11-32)38(36,37)23-8-2-19(3-9-23)17-30-27(35)24-14-20(16-29)15-26-25(24)18-31-34(26)22-6-4-21(28)5-7-22/h2-9,14-15,18H,10-13,17H2,1H3,(H,30,35). The van der Waals surface area contributed by atoms with Crippen LogP contribution in [0.1, 0.15) is 21.5 Å². The van der Waals surface area contributed by atoms with E-state index in [2.05, 4.69) is 21.4 Å². The number of nitriles is 1. The largest absolute Gasteiger partial charge is 0.348 e. The summed E-state index contributed by atoms with van der Waals surface area (Å²) in [6.45, 7) is 2.44. The Morgan fingerprint density at radius 2 is 1.74 bits per heavy atom. The van der Waals surface area contributed by atoms with Crippen LogP contribution in [0.4, 0.5) is 4.39 Å². The summed E-state index contributed by atoms with van der Waals surface area (Å²) in [5.74, 6) is -0.784. The van der Waals surface area contributed by atoms with E-state index in [1.807, 2.05) is 7.05 Å². The molecule has 0 bridgehead atoms. The summed E-state index contributed by atoms with van der Waals surface area (Å²) in [7, 11) is -1.61. The number of nitrogens with one attached hydrogen (secondary N) is 1. The molecule has 1 aromatic heterocycles. The molecule has 1 saturated heterocycles. The first kappa shape index (κ1) is 25.5. The van der Waals surface area contributed by atoms with Crippen LogP contribution >= 0.6 is 0 Å². The number of likely N-dealkylation sites (N-methyl/N-ethyl adjacent to an activating group) is 1. The fourth-order valence-electron chi connectivity index (χ4n) is 4.40. The average Bonchev–Trinajstić information content (AvgIpc) is 3.36. The molecule has 11 heteroatoms. The molecule has 0 aliphatic carbocycles. The van der Waals surface area contributed by atoms with Gasteiger partial charge in [-0.3, -0.25) is 4.79 Å². The molecule has 1 aliphatic heterocycles. The van der Waals surface area contributed by atoms with Crippen LogP contribution in [0.5, 0.6) is 0 Å². The zero-order valence-corrected chi connectivity index (χ0v) is 21.4. The third-order valence-electron chi connectivity index (χ3n) is 6.61. The van der Waals surface area contributed by atoms with E-state index in [4.69, 9.17) is 0 Å². The van der Waals surface area contributed by atoms with Crippen molar-refractivity contribution in [1.29, 1.82) is 5.26 Å². The van der Waals surface area contributed by atoms with Crippen LogP contribution in [0.2, 0.25) is 0 Å². The van der Waals surface area contributed by atoms with Crippen LogP contribution in [0, 0.1) is 17.1 Å². The molecule has 1 N–H and O–H groups in total. The first-order valence-corrected chi connectivity index (χ1v) is 13.4. The fraction of sp³-hybridized carbons (Fsp3) is 0.222. The van der Waals surface area contributed by atoms with E-state index >= 15 is 0 Å². The number of sulfonamides is 1. The molecule has 2 heterocycles. The highest BCUT2D eigenvalue weighted by molar-refractivity contribution is 7.89. The van der Waals surface area contributed by atoms with Crippen molar-refractivity contribution in [2.24, 2.45) is 0 Å². The summed E-state index contributed by atoms with van der Waals surface area (Å²) in [5.41, 5.74) is 2.42. The van der Waals surface area contributed by atoms with E-state index in [1.165, 1.54) is 28.7 Å². The number of amides is 1. The molecule has 38 heavy (non-hydrogen) atoms. The molecular formula is C27H25FN6O3S. The normalized spacial score (nSPS) is 14.9. The third-order valence-corrected chi connectivity index (χ3v) is 8.52. The minimum absolute atomic E-state index is 0.165. The Kier molecular flexibility index (Phi) is 6.94. The molecule has 1 fully saturated rings. The second-order valence-corrected chi connectivity index (χ2v) is 11.1. The van der Waals surface area contributed by atoms with Gasteiger partial charge in [0.05, 0.1) is 39.5 Å². The predicted octanol–water partition coefficient (Wildman–Crippen LogP) is 2.90. The second-order valence-electron chi connectivity index (χ2n) is 9.14. The Bertz CT molecular complexity index is 1640. The van der Waals surface area contributed by atoms with E-state index in [9.17, 15) is 22.9 Å². The number of piperazine rings is 1. The number of hydrogen-bond acceptors (Lipinski definition) is 6. The van der Waals surface area contributed by atoms with Gasteiger partial charge in [0.2, 0.25) is 10.0 Å². The topological polar surface area (TPSA) is 111 Å². The SMILES string of the molecule is CN1CCN(S(=O)(=O)c2ccc(CNC(=O)c3cc(C#N)cc4c3cnn4-c3ccc(F)cc3)cc2)CC1. The Morgan fingerprint density at radius 3 is 2.39 bits per heavy atom. The molecular weight excluding hydrogens is 507 g/mol. The van der Waals surface area contributed by atoms with Crippen molar-refractivity contribution < 1.29 is 17.6 Å². The number of fused-ring (bicyclic) bond motifs is 1. The van der Waals surface area contributed by atoms with Crippen LogP contribution in [0.3, 0.4) is 0 Å². The monoisotopic (exact) mass is 532 g/mol. The highest BCUT2D eigenvalue weighted by Crippen LogP contribution is 2.24. The van der Waals surface area contributed by atoms with Crippen molar-refractivity contribution in [3.63, 3.8) is 0 Å². The molecule has 3 aromatic carbocycles. The molecule has 9 nitrogen and oxygen atoms in total. The van der Waals surface area contributed by atoms with Crippen LogP contribution in [-0.2, 0) is 16.6 Å². The van der Waals surface area contributed by atoms with E-state index in [1.54, 1.807) is 47.1 Å². The molecule has 0 spiro atoms. The molecule has 1 amide bonds. The summed E-state index contributed by atoms with van der Waals surface area (Å²) < 4.78 is 42.3. The number of rotatable bonds is 6. The Morgan fingerprint density at radius 1 is 1.05 bits per heavy atom. The number of aromatic nitrogens is 2. The molecule has 0 atom stereocenters. The lowest BCUT2D eigenvalue weighted by Crippen LogP contribution is -2.47. The number of carbonyl (C=O) groups is 1. The molecule has 0 saturated carbocycles. The van der Waals surface area contributed by atoms with Crippen LogP contribution in [0.25, 0.3) is 16.6 Å².